The van der Waals surface area contributed by atoms with Gasteiger partial charge in [-0.1, -0.05) is 54.1 Å². The van der Waals surface area contributed by atoms with Crippen molar-refractivity contribution in [3.05, 3.63) is 108 Å². The van der Waals surface area contributed by atoms with Crippen molar-refractivity contribution in [2.45, 2.75) is 18.4 Å². The van der Waals surface area contributed by atoms with Crippen molar-refractivity contribution >= 4 is 27.2 Å². The summed E-state index contributed by atoms with van der Waals surface area (Å²) in [4.78, 5) is 17.1. The van der Waals surface area contributed by atoms with E-state index in [1.807, 2.05) is 84.4 Å². The van der Waals surface area contributed by atoms with Gasteiger partial charge in [-0.05, 0) is 60.0 Å². The molecular weight excluding hydrogens is 484 g/mol. The van der Waals surface area contributed by atoms with Gasteiger partial charge in [0.05, 0.1) is 16.8 Å². The van der Waals surface area contributed by atoms with Gasteiger partial charge in [-0.3, -0.25) is 4.40 Å². The van der Waals surface area contributed by atoms with Crippen LogP contribution in [0.15, 0.2) is 102 Å². The Balaban J connectivity index is 1.27. The van der Waals surface area contributed by atoms with Gasteiger partial charge in [0.1, 0.15) is 5.65 Å². The van der Waals surface area contributed by atoms with E-state index in [4.69, 9.17) is 0 Å². The number of sulfone groups is 1. The molecule has 37 heavy (non-hydrogen) atoms. The molecular formula is C29H26N4O3S. The van der Waals surface area contributed by atoms with Crippen molar-refractivity contribution in [2.75, 3.05) is 11.6 Å². The second-order valence-corrected chi connectivity index (χ2v) is 11.0. The fourth-order valence-corrected chi connectivity index (χ4v) is 4.69. The van der Waals surface area contributed by atoms with Gasteiger partial charge < -0.3 is 10.6 Å². The van der Waals surface area contributed by atoms with Gasteiger partial charge in [0.2, 0.25) is 0 Å². The van der Waals surface area contributed by atoms with Gasteiger partial charge in [0.15, 0.2) is 9.84 Å². The number of carbonyl (C=O) groups is 1. The summed E-state index contributed by atoms with van der Waals surface area (Å²) in [5, 5.41) is 5.71. The van der Waals surface area contributed by atoms with E-state index in [1.165, 1.54) is 6.26 Å². The molecule has 186 valence electrons. The van der Waals surface area contributed by atoms with Gasteiger partial charge in [-0.25, -0.2) is 18.2 Å². The van der Waals surface area contributed by atoms with Crippen LogP contribution < -0.4 is 10.6 Å². The van der Waals surface area contributed by atoms with E-state index in [0.717, 1.165) is 44.8 Å². The minimum atomic E-state index is -3.23. The van der Waals surface area contributed by atoms with Gasteiger partial charge >= 0.3 is 6.03 Å². The van der Waals surface area contributed by atoms with Gasteiger partial charge in [-0.15, -0.1) is 0 Å². The Hall–Kier alpha value is -4.43. The lowest BCUT2D eigenvalue weighted by Crippen LogP contribution is -2.28. The normalized spacial score (nSPS) is 11.4. The summed E-state index contributed by atoms with van der Waals surface area (Å²) in [6.07, 6.45) is 4.99. The van der Waals surface area contributed by atoms with Crippen LogP contribution in [0, 0.1) is 6.92 Å². The molecule has 5 aromatic rings. The number of aryl methyl sites for hydroxylation is 1. The first-order chi connectivity index (χ1) is 17.8. The second kappa shape index (κ2) is 9.91. The monoisotopic (exact) mass is 510 g/mol. The molecule has 0 unspecified atom stereocenters. The van der Waals surface area contributed by atoms with Crippen LogP contribution in [0.4, 0.5) is 10.5 Å². The molecule has 0 spiro atoms. The van der Waals surface area contributed by atoms with Crippen LogP contribution in [-0.4, -0.2) is 30.1 Å². The first-order valence-corrected chi connectivity index (χ1v) is 13.6. The average molecular weight is 511 g/mol. The fraction of sp³-hybridized carbons (Fsp3) is 0.103. The smallest absolute Gasteiger partial charge is 0.319 e. The third-order valence-corrected chi connectivity index (χ3v) is 7.27. The molecule has 0 radical (unpaired) electrons. The zero-order valence-corrected chi connectivity index (χ0v) is 21.3. The predicted molar refractivity (Wildman–Crippen MR) is 146 cm³/mol. The molecule has 0 bridgehead atoms. The molecule has 0 saturated carbocycles. The predicted octanol–water partition coefficient (Wildman–Crippen LogP) is 5.70. The highest BCUT2D eigenvalue weighted by Crippen LogP contribution is 2.26. The zero-order chi connectivity index (χ0) is 26.0. The first kappa shape index (κ1) is 24.3. The summed E-state index contributed by atoms with van der Waals surface area (Å²) in [7, 11) is -3.23. The number of carbonyl (C=O) groups excluding carboxylic acids is 1. The second-order valence-electron chi connectivity index (χ2n) is 8.95. The highest BCUT2D eigenvalue weighted by molar-refractivity contribution is 7.90. The largest absolute Gasteiger partial charge is 0.334 e. The highest BCUT2D eigenvalue weighted by Gasteiger charge is 2.10. The quantitative estimate of drug-likeness (QED) is 0.306. The molecule has 3 aromatic carbocycles. The lowest BCUT2D eigenvalue weighted by Gasteiger charge is -2.09. The minimum Gasteiger partial charge on any atom is -0.334 e. The highest BCUT2D eigenvalue weighted by atomic mass is 32.2. The number of fused-ring (bicyclic) bond motifs is 1. The molecule has 0 aliphatic rings. The topological polar surface area (TPSA) is 92.6 Å². The molecule has 8 heteroatoms. The number of hydrogen-bond donors (Lipinski definition) is 2. The van der Waals surface area contributed by atoms with Crippen molar-refractivity contribution in [1.82, 2.24) is 14.7 Å². The summed E-state index contributed by atoms with van der Waals surface area (Å²) in [6, 6.07) is 26.2. The Morgan fingerprint density at radius 2 is 1.54 bits per heavy atom. The van der Waals surface area contributed by atoms with Crippen LogP contribution in [0.3, 0.4) is 0 Å². The number of pyridine rings is 1. The van der Waals surface area contributed by atoms with Crippen LogP contribution in [0.25, 0.3) is 28.0 Å². The Bertz CT molecular complexity index is 1670. The molecule has 2 aromatic heterocycles. The van der Waals surface area contributed by atoms with E-state index < -0.39 is 9.84 Å². The lowest BCUT2D eigenvalue weighted by molar-refractivity contribution is 0.251. The molecule has 5 rings (SSSR count). The fourth-order valence-electron chi connectivity index (χ4n) is 4.06. The Kier molecular flexibility index (Phi) is 6.50. The van der Waals surface area contributed by atoms with Crippen LogP contribution in [0.1, 0.15) is 11.1 Å². The van der Waals surface area contributed by atoms with Crippen LogP contribution in [0.2, 0.25) is 0 Å². The zero-order valence-electron chi connectivity index (χ0n) is 20.5. The third-order valence-electron chi connectivity index (χ3n) is 6.14. The minimum absolute atomic E-state index is 0.253. The van der Waals surface area contributed by atoms with E-state index in [2.05, 4.69) is 15.6 Å². The third kappa shape index (κ3) is 5.54. The van der Waals surface area contributed by atoms with Crippen molar-refractivity contribution in [3.63, 3.8) is 0 Å². The standard InChI is InChI=1S/C29H26N4O3S/c1-20-3-11-25(12-4-20)32-29(34)31-18-21-5-7-23(8-6-21)27-19-30-28-17-24(15-16-33(27)28)22-9-13-26(14-10-22)37(2,35)36/h3-17,19H,18H2,1-2H3,(H2,31,32,34). The first-order valence-electron chi connectivity index (χ1n) is 11.7. The molecule has 2 amide bonds. The Labute approximate surface area is 215 Å². The molecule has 2 N–H and O–H groups in total. The van der Waals surface area contributed by atoms with Gasteiger partial charge in [-0.2, -0.15) is 0 Å². The summed E-state index contributed by atoms with van der Waals surface area (Å²) in [5.74, 6) is 0. The van der Waals surface area contributed by atoms with Crippen LogP contribution >= 0.6 is 0 Å². The number of urea groups is 1. The molecule has 0 fully saturated rings. The maximum atomic E-state index is 12.2. The average Bonchev–Trinajstić information content (AvgIpc) is 3.32. The van der Waals surface area contributed by atoms with E-state index >= 15 is 0 Å². The number of anilines is 1. The molecule has 0 aliphatic carbocycles. The summed E-state index contributed by atoms with van der Waals surface area (Å²) in [6.45, 7) is 2.41. The number of hydrogen-bond acceptors (Lipinski definition) is 4. The summed E-state index contributed by atoms with van der Waals surface area (Å²) in [5.41, 5.74) is 7.49. The molecule has 2 heterocycles. The summed E-state index contributed by atoms with van der Waals surface area (Å²) < 4.78 is 25.5. The number of nitrogens with one attached hydrogen (secondary N) is 2. The number of imidazole rings is 1. The SMILES string of the molecule is Cc1ccc(NC(=O)NCc2ccc(-c3cnc4cc(-c5ccc(S(C)(=O)=O)cc5)ccn34)cc2)cc1. The number of amides is 2. The van der Waals surface area contributed by atoms with Gasteiger partial charge in [0.25, 0.3) is 0 Å². The Morgan fingerprint density at radius 3 is 2.22 bits per heavy atom. The van der Waals surface area contributed by atoms with E-state index in [9.17, 15) is 13.2 Å². The van der Waals surface area contributed by atoms with E-state index in [-0.39, 0.29) is 6.03 Å². The maximum absolute atomic E-state index is 12.2. The maximum Gasteiger partial charge on any atom is 0.319 e. The Morgan fingerprint density at radius 1 is 0.865 bits per heavy atom. The number of aromatic nitrogens is 2. The van der Waals surface area contributed by atoms with Crippen molar-refractivity contribution in [3.8, 4) is 22.4 Å². The lowest BCUT2D eigenvalue weighted by atomic mass is 10.1. The van der Waals surface area contributed by atoms with Crippen molar-refractivity contribution < 1.29 is 13.2 Å². The molecule has 7 nitrogen and oxygen atoms in total. The van der Waals surface area contributed by atoms with E-state index in [0.29, 0.717) is 11.4 Å². The van der Waals surface area contributed by atoms with E-state index in [1.54, 1.807) is 24.3 Å². The van der Waals surface area contributed by atoms with Crippen LogP contribution in [-0.2, 0) is 16.4 Å². The van der Waals surface area contributed by atoms with Gasteiger partial charge in [0, 0.05) is 30.2 Å². The molecule has 0 aliphatic heterocycles. The molecule has 0 atom stereocenters. The van der Waals surface area contributed by atoms with Crippen molar-refractivity contribution in [2.24, 2.45) is 0 Å². The van der Waals surface area contributed by atoms with Crippen molar-refractivity contribution in [1.29, 1.82) is 0 Å². The number of nitrogens with zero attached hydrogens (tertiary/aromatic N) is 2. The number of benzene rings is 3. The molecule has 0 saturated heterocycles. The number of rotatable bonds is 6. The summed E-state index contributed by atoms with van der Waals surface area (Å²) >= 11 is 0. The van der Waals surface area contributed by atoms with Crippen LogP contribution in [0.5, 0.6) is 0 Å².